The standard InChI is InChI=1S/C10H14N2O3/c1-3-7(11)9-8(12(14)15)5-4-6(2)10(9)13/h4-5,7,13H,3,11H2,1-2H3/t7-/m0/s1. The third-order valence-electron chi connectivity index (χ3n) is 2.40. The van der Waals surface area contributed by atoms with Crippen LogP contribution >= 0.6 is 0 Å². The van der Waals surface area contributed by atoms with Gasteiger partial charge in [-0.1, -0.05) is 6.92 Å². The number of phenolic OH excluding ortho intramolecular Hbond substituents is 1. The zero-order chi connectivity index (χ0) is 11.6. The van der Waals surface area contributed by atoms with Crippen LogP contribution in [-0.4, -0.2) is 10.0 Å². The maximum atomic E-state index is 10.7. The first-order chi connectivity index (χ1) is 6.99. The highest BCUT2D eigenvalue weighted by molar-refractivity contribution is 5.54. The van der Waals surface area contributed by atoms with E-state index in [1.165, 1.54) is 12.1 Å². The Kier molecular flexibility index (Phi) is 3.26. The predicted molar refractivity (Wildman–Crippen MR) is 56.7 cm³/mol. The Morgan fingerprint density at radius 1 is 1.60 bits per heavy atom. The average molecular weight is 210 g/mol. The molecule has 5 heteroatoms. The summed E-state index contributed by atoms with van der Waals surface area (Å²) in [5.74, 6) is -0.0708. The molecule has 0 aliphatic rings. The van der Waals surface area contributed by atoms with E-state index < -0.39 is 11.0 Å². The van der Waals surface area contributed by atoms with Crippen molar-refractivity contribution in [2.45, 2.75) is 26.3 Å². The van der Waals surface area contributed by atoms with Crippen molar-refractivity contribution in [3.05, 3.63) is 33.4 Å². The lowest BCUT2D eigenvalue weighted by molar-refractivity contribution is -0.385. The molecule has 0 saturated carbocycles. The number of hydrogen-bond donors (Lipinski definition) is 2. The molecule has 0 unspecified atom stereocenters. The Morgan fingerprint density at radius 3 is 2.67 bits per heavy atom. The third kappa shape index (κ3) is 2.07. The molecular weight excluding hydrogens is 196 g/mol. The van der Waals surface area contributed by atoms with Gasteiger partial charge in [0.05, 0.1) is 10.5 Å². The molecule has 0 fully saturated rings. The monoisotopic (exact) mass is 210 g/mol. The van der Waals surface area contributed by atoms with Gasteiger partial charge in [-0.2, -0.15) is 0 Å². The third-order valence-corrected chi connectivity index (χ3v) is 2.40. The number of nitrogens with zero attached hydrogens (tertiary/aromatic N) is 1. The normalized spacial score (nSPS) is 12.5. The van der Waals surface area contributed by atoms with Gasteiger partial charge in [-0.25, -0.2) is 0 Å². The highest BCUT2D eigenvalue weighted by Gasteiger charge is 2.23. The first kappa shape index (κ1) is 11.5. The summed E-state index contributed by atoms with van der Waals surface area (Å²) in [6.45, 7) is 3.50. The van der Waals surface area contributed by atoms with Crippen molar-refractivity contribution in [2.75, 3.05) is 0 Å². The van der Waals surface area contributed by atoms with Gasteiger partial charge < -0.3 is 10.8 Å². The van der Waals surface area contributed by atoms with E-state index >= 15 is 0 Å². The summed E-state index contributed by atoms with van der Waals surface area (Å²) < 4.78 is 0. The van der Waals surface area contributed by atoms with Crippen molar-refractivity contribution in [3.63, 3.8) is 0 Å². The molecule has 5 nitrogen and oxygen atoms in total. The molecule has 3 N–H and O–H groups in total. The second kappa shape index (κ2) is 4.27. The highest BCUT2D eigenvalue weighted by atomic mass is 16.6. The fourth-order valence-corrected chi connectivity index (χ4v) is 1.44. The van der Waals surface area contributed by atoms with E-state index in [1.807, 2.05) is 6.92 Å². The van der Waals surface area contributed by atoms with Gasteiger partial charge in [-0.05, 0) is 25.0 Å². The number of benzene rings is 1. The van der Waals surface area contributed by atoms with Crippen molar-refractivity contribution >= 4 is 5.69 Å². The van der Waals surface area contributed by atoms with Gasteiger partial charge in [0.25, 0.3) is 5.69 Å². The zero-order valence-corrected chi connectivity index (χ0v) is 8.73. The van der Waals surface area contributed by atoms with Crippen molar-refractivity contribution < 1.29 is 10.0 Å². The Morgan fingerprint density at radius 2 is 2.20 bits per heavy atom. The molecule has 0 aromatic heterocycles. The van der Waals surface area contributed by atoms with Crippen LogP contribution < -0.4 is 5.73 Å². The summed E-state index contributed by atoms with van der Waals surface area (Å²) in [4.78, 5) is 10.2. The molecule has 1 aromatic carbocycles. The summed E-state index contributed by atoms with van der Waals surface area (Å²) >= 11 is 0. The fourth-order valence-electron chi connectivity index (χ4n) is 1.44. The first-order valence-electron chi connectivity index (χ1n) is 4.71. The van der Waals surface area contributed by atoms with E-state index in [0.717, 1.165) is 0 Å². The second-order valence-corrected chi connectivity index (χ2v) is 3.44. The maximum absolute atomic E-state index is 10.7. The van der Waals surface area contributed by atoms with Crippen LogP contribution in [0.2, 0.25) is 0 Å². The van der Waals surface area contributed by atoms with Crippen LogP contribution in [0.3, 0.4) is 0 Å². The quantitative estimate of drug-likeness (QED) is 0.590. The number of hydrogen-bond acceptors (Lipinski definition) is 4. The minimum atomic E-state index is -0.524. The van der Waals surface area contributed by atoms with Crippen LogP contribution in [0.1, 0.15) is 30.5 Å². The van der Waals surface area contributed by atoms with E-state index in [0.29, 0.717) is 12.0 Å². The molecule has 0 heterocycles. The Balaban J connectivity index is 3.41. The molecule has 0 amide bonds. The topological polar surface area (TPSA) is 89.4 Å². The van der Waals surface area contributed by atoms with Gasteiger partial charge >= 0.3 is 0 Å². The summed E-state index contributed by atoms with van der Waals surface area (Å²) in [7, 11) is 0. The molecule has 1 aromatic rings. The molecule has 0 saturated heterocycles. The van der Waals surface area contributed by atoms with E-state index in [1.54, 1.807) is 6.92 Å². The van der Waals surface area contributed by atoms with Gasteiger partial charge in [0, 0.05) is 12.1 Å². The van der Waals surface area contributed by atoms with Crippen LogP contribution in [0.15, 0.2) is 12.1 Å². The molecule has 82 valence electrons. The summed E-state index contributed by atoms with van der Waals surface area (Å²) in [5, 5.41) is 20.5. The lowest BCUT2D eigenvalue weighted by atomic mass is 9.99. The number of nitro benzene ring substituents is 1. The largest absolute Gasteiger partial charge is 0.507 e. The van der Waals surface area contributed by atoms with Crippen LogP contribution in [0.5, 0.6) is 5.75 Å². The predicted octanol–water partition coefficient (Wildman–Crippen LogP) is 2.02. The number of rotatable bonds is 3. The molecule has 0 aliphatic heterocycles. The van der Waals surface area contributed by atoms with Gasteiger partial charge in [0.1, 0.15) is 5.75 Å². The fraction of sp³-hybridized carbons (Fsp3) is 0.400. The SMILES string of the molecule is CC[C@H](N)c1c([N+](=O)[O-])ccc(C)c1O. The molecular formula is C10H14N2O3. The van der Waals surface area contributed by atoms with E-state index in [-0.39, 0.29) is 17.0 Å². The van der Waals surface area contributed by atoms with E-state index in [4.69, 9.17) is 5.73 Å². The second-order valence-electron chi connectivity index (χ2n) is 3.44. The van der Waals surface area contributed by atoms with Crippen LogP contribution in [0.25, 0.3) is 0 Å². The zero-order valence-electron chi connectivity index (χ0n) is 8.73. The van der Waals surface area contributed by atoms with Crippen LogP contribution in [0, 0.1) is 17.0 Å². The number of nitrogens with two attached hydrogens (primary N) is 1. The van der Waals surface area contributed by atoms with Crippen molar-refractivity contribution in [3.8, 4) is 5.75 Å². The molecule has 0 spiro atoms. The summed E-state index contributed by atoms with van der Waals surface area (Å²) in [5.41, 5.74) is 6.44. The van der Waals surface area contributed by atoms with Crippen LogP contribution in [0.4, 0.5) is 5.69 Å². The smallest absolute Gasteiger partial charge is 0.277 e. The van der Waals surface area contributed by atoms with E-state index in [2.05, 4.69) is 0 Å². The average Bonchev–Trinajstić information content (AvgIpc) is 2.20. The van der Waals surface area contributed by atoms with Crippen molar-refractivity contribution in [2.24, 2.45) is 5.73 Å². The highest BCUT2D eigenvalue weighted by Crippen LogP contribution is 2.35. The lowest BCUT2D eigenvalue weighted by Gasteiger charge is -2.13. The molecule has 0 bridgehead atoms. The van der Waals surface area contributed by atoms with Gasteiger partial charge in [-0.15, -0.1) is 0 Å². The van der Waals surface area contributed by atoms with Crippen LogP contribution in [-0.2, 0) is 0 Å². The maximum Gasteiger partial charge on any atom is 0.277 e. The molecule has 1 atom stereocenters. The van der Waals surface area contributed by atoms with Gasteiger partial charge in [0.15, 0.2) is 0 Å². The molecule has 15 heavy (non-hydrogen) atoms. The number of aryl methyl sites for hydroxylation is 1. The Hall–Kier alpha value is -1.62. The first-order valence-corrected chi connectivity index (χ1v) is 4.71. The minimum Gasteiger partial charge on any atom is -0.507 e. The molecule has 0 aliphatic carbocycles. The number of nitro groups is 1. The number of aromatic hydroxyl groups is 1. The summed E-state index contributed by atoms with van der Waals surface area (Å²) in [6, 6.07) is 2.38. The molecule has 1 rings (SSSR count). The van der Waals surface area contributed by atoms with Gasteiger partial charge in [0.2, 0.25) is 0 Å². The van der Waals surface area contributed by atoms with Crippen molar-refractivity contribution in [1.29, 1.82) is 0 Å². The Labute approximate surface area is 87.7 Å². The summed E-state index contributed by atoms with van der Waals surface area (Å²) in [6.07, 6.45) is 0.540. The minimum absolute atomic E-state index is 0.0708. The van der Waals surface area contributed by atoms with E-state index in [9.17, 15) is 15.2 Å². The van der Waals surface area contributed by atoms with Crippen molar-refractivity contribution in [1.82, 2.24) is 0 Å². The Bertz CT molecular complexity index is 390. The number of phenols is 1. The van der Waals surface area contributed by atoms with Gasteiger partial charge in [-0.3, -0.25) is 10.1 Å². The molecule has 0 radical (unpaired) electrons. The lowest BCUT2D eigenvalue weighted by Crippen LogP contribution is -2.11.